The van der Waals surface area contributed by atoms with Gasteiger partial charge < -0.3 is 16.0 Å². The van der Waals surface area contributed by atoms with Crippen LogP contribution in [0.4, 0.5) is 8.78 Å². The summed E-state index contributed by atoms with van der Waals surface area (Å²) in [4.78, 5) is 26.5. The molecular formula is C21H23F2N3O2. The quantitative estimate of drug-likeness (QED) is 0.826. The molecule has 1 heterocycles. The molecule has 1 unspecified atom stereocenters. The van der Waals surface area contributed by atoms with E-state index in [1.807, 2.05) is 0 Å². The molecule has 1 saturated heterocycles. The van der Waals surface area contributed by atoms with Crippen molar-refractivity contribution in [1.29, 1.82) is 0 Å². The van der Waals surface area contributed by atoms with Crippen LogP contribution in [-0.4, -0.2) is 49.1 Å². The molecule has 148 valence electrons. The molecule has 0 saturated carbocycles. The molecule has 3 N–H and O–H groups in total. The number of hydrogen-bond donors (Lipinski definition) is 2. The van der Waals surface area contributed by atoms with Crippen LogP contribution in [0.25, 0.3) is 11.1 Å². The first-order valence-corrected chi connectivity index (χ1v) is 9.16. The zero-order chi connectivity index (χ0) is 20.3. The van der Waals surface area contributed by atoms with Crippen molar-refractivity contribution in [3.8, 4) is 11.1 Å². The minimum atomic E-state index is -1.11. The number of alkyl halides is 1. The molecule has 3 rings (SSSR count). The first-order chi connectivity index (χ1) is 13.4. The molecule has 2 aromatic carbocycles. The minimum Gasteiger partial charge on any atom is -0.359 e. The highest BCUT2D eigenvalue weighted by molar-refractivity contribution is 5.93. The number of halogens is 2. The van der Waals surface area contributed by atoms with Crippen LogP contribution in [0.15, 0.2) is 48.5 Å². The lowest BCUT2D eigenvalue weighted by molar-refractivity contribution is -0.135. The third-order valence-electron chi connectivity index (χ3n) is 5.06. The highest BCUT2D eigenvalue weighted by Crippen LogP contribution is 2.26. The maximum Gasteiger partial charge on any atom is 0.240 e. The molecule has 0 aliphatic carbocycles. The van der Waals surface area contributed by atoms with Gasteiger partial charge in [-0.05, 0) is 35.2 Å². The summed E-state index contributed by atoms with van der Waals surface area (Å²) < 4.78 is 26.5. The predicted molar refractivity (Wildman–Crippen MR) is 103 cm³/mol. The van der Waals surface area contributed by atoms with Crippen molar-refractivity contribution in [2.24, 2.45) is 5.73 Å². The minimum absolute atomic E-state index is 0.0104. The van der Waals surface area contributed by atoms with Crippen LogP contribution in [0.5, 0.6) is 0 Å². The first-order valence-electron chi connectivity index (χ1n) is 9.16. The van der Waals surface area contributed by atoms with Crippen LogP contribution < -0.4 is 11.1 Å². The van der Waals surface area contributed by atoms with Gasteiger partial charge in [0.1, 0.15) is 18.0 Å². The van der Waals surface area contributed by atoms with Crippen LogP contribution in [-0.2, 0) is 9.59 Å². The second-order valence-corrected chi connectivity index (χ2v) is 6.92. The largest absolute Gasteiger partial charge is 0.359 e. The number of likely N-dealkylation sites (N-methyl/N-ethyl adjacent to an activating group) is 1. The van der Waals surface area contributed by atoms with Crippen molar-refractivity contribution in [3.63, 3.8) is 0 Å². The number of amides is 2. The summed E-state index contributed by atoms with van der Waals surface area (Å²) in [5.74, 6) is -2.02. The molecule has 1 aliphatic heterocycles. The Balaban J connectivity index is 1.84. The molecular weight excluding hydrogens is 364 g/mol. The zero-order valence-electron chi connectivity index (χ0n) is 15.6. The fraction of sp³-hybridized carbons (Fsp3) is 0.333. The number of rotatable bonds is 5. The van der Waals surface area contributed by atoms with Gasteiger partial charge in [-0.25, -0.2) is 8.78 Å². The van der Waals surface area contributed by atoms with E-state index in [1.54, 1.807) is 36.4 Å². The number of carbonyl (C=O) groups is 2. The molecule has 0 radical (unpaired) electrons. The van der Waals surface area contributed by atoms with Crippen molar-refractivity contribution in [2.45, 2.75) is 24.6 Å². The van der Waals surface area contributed by atoms with E-state index in [0.717, 1.165) is 11.1 Å². The Hall–Kier alpha value is -2.80. The smallest absolute Gasteiger partial charge is 0.240 e. The Kier molecular flexibility index (Phi) is 6.04. The summed E-state index contributed by atoms with van der Waals surface area (Å²) in [6.07, 6.45) is -0.764. The molecule has 2 aromatic rings. The number of nitrogens with two attached hydrogens (primary N) is 1. The van der Waals surface area contributed by atoms with Crippen molar-refractivity contribution in [1.82, 2.24) is 10.2 Å². The van der Waals surface area contributed by atoms with Gasteiger partial charge in [-0.3, -0.25) is 9.59 Å². The number of carbonyl (C=O) groups excluding carboxylic acids is 2. The third kappa shape index (κ3) is 4.20. The van der Waals surface area contributed by atoms with Crippen LogP contribution in [0, 0.1) is 5.82 Å². The average Bonchev–Trinajstić information content (AvgIpc) is 3.14. The van der Waals surface area contributed by atoms with Crippen molar-refractivity contribution in [2.75, 3.05) is 20.1 Å². The lowest BCUT2D eigenvalue weighted by Gasteiger charge is -2.26. The highest BCUT2D eigenvalue weighted by Gasteiger charge is 2.36. The van der Waals surface area contributed by atoms with Gasteiger partial charge in [0.25, 0.3) is 0 Å². The Morgan fingerprint density at radius 2 is 1.68 bits per heavy atom. The van der Waals surface area contributed by atoms with E-state index in [-0.39, 0.29) is 24.7 Å². The molecule has 3 atom stereocenters. The van der Waals surface area contributed by atoms with Gasteiger partial charge in [0.05, 0.1) is 12.5 Å². The van der Waals surface area contributed by atoms with E-state index in [4.69, 9.17) is 5.73 Å². The number of nitrogens with zero attached hydrogens (tertiary/aromatic N) is 1. The van der Waals surface area contributed by atoms with E-state index in [0.29, 0.717) is 12.1 Å². The summed E-state index contributed by atoms with van der Waals surface area (Å²) >= 11 is 0. The van der Waals surface area contributed by atoms with E-state index >= 15 is 0 Å². The fourth-order valence-corrected chi connectivity index (χ4v) is 3.47. The molecule has 0 spiro atoms. The average molecular weight is 387 g/mol. The summed E-state index contributed by atoms with van der Waals surface area (Å²) in [5, 5.41) is 2.55. The van der Waals surface area contributed by atoms with E-state index in [9.17, 15) is 18.4 Å². The lowest BCUT2D eigenvalue weighted by atomic mass is 9.89. The second kappa shape index (κ2) is 8.48. The third-order valence-corrected chi connectivity index (χ3v) is 5.06. The molecule has 7 heteroatoms. The molecule has 0 bridgehead atoms. The normalized spacial score (nSPS) is 18.6. The Morgan fingerprint density at radius 1 is 1.11 bits per heavy atom. The summed E-state index contributed by atoms with van der Waals surface area (Å²) in [7, 11) is 1.48. The number of hydrogen-bond acceptors (Lipinski definition) is 3. The Morgan fingerprint density at radius 3 is 2.18 bits per heavy atom. The Bertz CT molecular complexity index is 840. The van der Waals surface area contributed by atoms with Gasteiger partial charge in [0.2, 0.25) is 11.8 Å². The van der Waals surface area contributed by atoms with Gasteiger partial charge in [0, 0.05) is 13.6 Å². The van der Waals surface area contributed by atoms with E-state index in [1.165, 1.54) is 24.1 Å². The number of likely N-dealkylation sites (tertiary alicyclic amines) is 1. The fourth-order valence-electron chi connectivity index (χ4n) is 3.47. The van der Waals surface area contributed by atoms with Gasteiger partial charge in [-0.2, -0.15) is 0 Å². The van der Waals surface area contributed by atoms with Crippen LogP contribution >= 0.6 is 0 Å². The van der Waals surface area contributed by atoms with E-state index in [2.05, 4.69) is 5.32 Å². The first kappa shape index (κ1) is 19.9. The van der Waals surface area contributed by atoms with Crippen LogP contribution in [0.3, 0.4) is 0 Å². The van der Waals surface area contributed by atoms with Gasteiger partial charge in [0.15, 0.2) is 0 Å². The van der Waals surface area contributed by atoms with Crippen LogP contribution in [0.2, 0.25) is 0 Å². The number of benzene rings is 2. The molecule has 5 nitrogen and oxygen atoms in total. The standard InChI is InChI=1S/C21H23F2N3O2/c1-25-20(27)18(19(24)21(28)26-11-10-17(23)12-26)15-4-2-13(3-5-15)14-6-8-16(22)9-7-14/h2-9,17-19H,10-12,24H2,1H3,(H,25,27)/t17-,18?,19-/m0/s1. The number of nitrogens with one attached hydrogen (secondary N) is 1. The molecule has 0 aromatic heterocycles. The molecule has 1 fully saturated rings. The maximum atomic E-state index is 13.4. The summed E-state index contributed by atoms with van der Waals surface area (Å²) in [6.45, 7) is 0.314. The topological polar surface area (TPSA) is 75.4 Å². The molecule has 1 aliphatic rings. The summed E-state index contributed by atoms with van der Waals surface area (Å²) in [6, 6.07) is 12.0. The van der Waals surface area contributed by atoms with Gasteiger partial charge in [-0.1, -0.05) is 36.4 Å². The second-order valence-electron chi connectivity index (χ2n) is 6.92. The van der Waals surface area contributed by atoms with Crippen molar-refractivity contribution < 1.29 is 18.4 Å². The van der Waals surface area contributed by atoms with Crippen LogP contribution in [0.1, 0.15) is 17.9 Å². The molecule has 28 heavy (non-hydrogen) atoms. The van der Waals surface area contributed by atoms with Crippen molar-refractivity contribution in [3.05, 3.63) is 59.9 Å². The maximum absolute atomic E-state index is 13.4. The molecule has 2 amide bonds. The predicted octanol–water partition coefficient (Wildman–Crippen LogP) is 2.22. The summed E-state index contributed by atoms with van der Waals surface area (Å²) in [5.41, 5.74) is 8.41. The van der Waals surface area contributed by atoms with Gasteiger partial charge >= 0.3 is 0 Å². The monoisotopic (exact) mass is 387 g/mol. The highest BCUT2D eigenvalue weighted by atomic mass is 19.1. The van der Waals surface area contributed by atoms with E-state index < -0.39 is 24.0 Å². The zero-order valence-corrected chi connectivity index (χ0v) is 15.6. The Labute approximate surface area is 162 Å². The lowest BCUT2D eigenvalue weighted by Crippen LogP contribution is -2.50. The van der Waals surface area contributed by atoms with Gasteiger partial charge in [-0.15, -0.1) is 0 Å². The SMILES string of the molecule is CNC(=O)C(c1ccc(-c2ccc(F)cc2)cc1)[C@H](N)C(=O)N1CC[C@H](F)C1. The van der Waals surface area contributed by atoms with Crippen molar-refractivity contribution >= 4 is 11.8 Å².